The van der Waals surface area contributed by atoms with Crippen LogP contribution in [0.2, 0.25) is 0 Å². The molecular formula is C18H12N4O2S. The van der Waals surface area contributed by atoms with Gasteiger partial charge in [-0.05, 0) is 42.0 Å². The van der Waals surface area contributed by atoms with Crippen molar-refractivity contribution < 1.29 is 9.90 Å². The molecule has 3 N–H and O–H groups in total. The molecule has 25 heavy (non-hydrogen) atoms. The van der Waals surface area contributed by atoms with Crippen LogP contribution in [-0.4, -0.2) is 11.4 Å². The molecule has 1 heterocycles. The van der Waals surface area contributed by atoms with Crippen LogP contribution in [0.25, 0.3) is 11.1 Å². The molecule has 2 aromatic carbocycles. The molecule has 0 atom stereocenters. The zero-order chi connectivity index (χ0) is 17.8. The molecule has 0 aliphatic carbocycles. The zero-order valence-corrected chi connectivity index (χ0v) is 13.7. The number of phenols is 1. The molecule has 0 saturated carbocycles. The van der Waals surface area contributed by atoms with Crippen LogP contribution < -0.4 is 5.73 Å². The third kappa shape index (κ3) is 3.39. The Bertz CT molecular complexity index is 1000. The summed E-state index contributed by atoms with van der Waals surface area (Å²) in [5, 5.41) is 27.7. The summed E-state index contributed by atoms with van der Waals surface area (Å²) < 4.78 is 0. The number of thiophene rings is 1. The molecule has 7 heteroatoms. The topological polar surface area (TPSA) is 112 Å². The minimum absolute atomic E-state index is 0.0505. The van der Waals surface area contributed by atoms with Crippen molar-refractivity contribution in [1.82, 2.24) is 0 Å². The lowest BCUT2D eigenvalue weighted by Crippen LogP contribution is -1.84. The highest BCUT2D eigenvalue weighted by Gasteiger charge is 2.19. The Labute approximate surface area is 147 Å². The van der Waals surface area contributed by atoms with Gasteiger partial charge in [-0.25, -0.2) is 0 Å². The summed E-state index contributed by atoms with van der Waals surface area (Å²) in [6.45, 7) is 0. The van der Waals surface area contributed by atoms with E-state index in [-0.39, 0.29) is 11.3 Å². The van der Waals surface area contributed by atoms with Crippen molar-refractivity contribution in [1.29, 1.82) is 5.26 Å². The molecule has 0 saturated heterocycles. The fraction of sp³-hybridized carbons (Fsp3) is 0. The van der Waals surface area contributed by atoms with Crippen LogP contribution in [0.15, 0.2) is 58.8 Å². The number of nitrogen functional groups attached to an aromatic ring is 1. The monoisotopic (exact) mass is 348 g/mol. The molecule has 0 aliphatic rings. The summed E-state index contributed by atoms with van der Waals surface area (Å²) in [5.74, 6) is 0.0505. The van der Waals surface area contributed by atoms with E-state index in [1.165, 1.54) is 12.1 Å². The van der Waals surface area contributed by atoms with Crippen LogP contribution in [0.5, 0.6) is 5.75 Å². The smallest absolute Gasteiger partial charge is 0.160 e. The van der Waals surface area contributed by atoms with Gasteiger partial charge in [0.1, 0.15) is 11.8 Å². The van der Waals surface area contributed by atoms with E-state index in [9.17, 15) is 15.2 Å². The first kappa shape index (κ1) is 16.4. The number of carbonyl (C=O) groups excluding carboxylic acids is 1. The van der Waals surface area contributed by atoms with Crippen LogP contribution in [0.4, 0.5) is 16.4 Å². The van der Waals surface area contributed by atoms with Gasteiger partial charge >= 0.3 is 0 Å². The summed E-state index contributed by atoms with van der Waals surface area (Å²) in [4.78, 5) is 11.8. The van der Waals surface area contributed by atoms with Gasteiger partial charge in [-0.1, -0.05) is 12.1 Å². The highest BCUT2D eigenvalue weighted by atomic mass is 32.1. The molecule has 0 spiro atoms. The molecule has 0 aliphatic heterocycles. The quantitative estimate of drug-likeness (QED) is 0.400. The first-order valence-electron chi connectivity index (χ1n) is 7.21. The normalized spacial score (nSPS) is 10.7. The number of nitrogens with zero attached hydrogens (tertiary/aromatic N) is 3. The van der Waals surface area contributed by atoms with E-state index in [0.29, 0.717) is 38.7 Å². The largest absolute Gasteiger partial charge is 0.508 e. The number of hydrogen-bond acceptors (Lipinski definition) is 7. The minimum atomic E-state index is 0.0505. The SMILES string of the molecule is N#Cc1c(N=Nc2ccc(N)cc2)sc(C=O)c1-c1cccc(O)c1. The molecule has 3 aromatic rings. The van der Waals surface area contributed by atoms with Crippen LogP contribution in [0, 0.1) is 11.3 Å². The van der Waals surface area contributed by atoms with Gasteiger partial charge in [0.15, 0.2) is 11.3 Å². The second kappa shape index (κ2) is 6.95. The fourth-order valence-corrected chi connectivity index (χ4v) is 3.20. The Morgan fingerprint density at radius 2 is 1.92 bits per heavy atom. The maximum Gasteiger partial charge on any atom is 0.160 e. The molecule has 0 unspecified atom stereocenters. The molecule has 0 amide bonds. The van der Waals surface area contributed by atoms with Crippen LogP contribution in [0.1, 0.15) is 15.2 Å². The lowest BCUT2D eigenvalue weighted by Gasteiger charge is -2.01. The van der Waals surface area contributed by atoms with Gasteiger partial charge in [0.2, 0.25) is 0 Å². The maximum atomic E-state index is 11.4. The average Bonchev–Trinajstić information content (AvgIpc) is 2.99. The minimum Gasteiger partial charge on any atom is -0.508 e. The number of nitriles is 1. The summed E-state index contributed by atoms with van der Waals surface area (Å²) in [5.41, 5.74) is 8.09. The summed E-state index contributed by atoms with van der Waals surface area (Å²) in [6, 6.07) is 15.3. The van der Waals surface area contributed by atoms with E-state index in [4.69, 9.17) is 5.73 Å². The highest BCUT2D eigenvalue weighted by Crippen LogP contribution is 2.41. The van der Waals surface area contributed by atoms with Gasteiger partial charge in [-0.3, -0.25) is 4.79 Å². The molecule has 122 valence electrons. The molecule has 3 rings (SSSR count). The van der Waals surface area contributed by atoms with Crippen LogP contribution in [-0.2, 0) is 0 Å². The summed E-state index contributed by atoms with van der Waals surface area (Å²) in [6.07, 6.45) is 0.674. The van der Waals surface area contributed by atoms with Gasteiger partial charge in [-0.2, -0.15) is 5.26 Å². The lowest BCUT2D eigenvalue weighted by molar-refractivity contribution is 0.112. The van der Waals surface area contributed by atoms with Crippen molar-refractivity contribution in [3.8, 4) is 22.9 Å². The standard InChI is InChI=1S/C18H12N4O2S/c19-9-15-17(11-2-1-3-14(24)8-11)16(10-23)25-18(15)22-21-13-6-4-12(20)5-7-13/h1-8,10,24H,20H2. The van der Waals surface area contributed by atoms with E-state index in [1.807, 2.05) is 0 Å². The molecule has 6 nitrogen and oxygen atoms in total. The van der Waals surface area contributed by atoms with E-state index < -0.39 is 0 Å². The van der Waals surface area contributed by atoms with Crippen molar-refractivity contribution in [2.75, 3.05) is 5.73 Å². The van der Waals surface area contributed by atoms with Gasteiger partial charge < -0.3 is 10.8 Å². The molecule has 0 fully saturated rings. The van der Waals surface area contributed by atoms with Gasteiger partial charge in [0, 0.05) is 11.3 Å². The molecule has 0 radical (unpaired) electrons. The predicted molar refractivity (Wildman–Crippen MR) is 96.6 cm³/mol. The number of rotatable bonds is 4. The number of aldehydes is 1. The van der Waals surface area contributed by atoms with Gasteiger partial charge in [0.05, 0.1) is 16.1 Å². The predicted octanol–water partition coefficient (Wildman–Crippen LogP) is 4.80. The maximum absolute atomic E-state index is 11.4. The third-order valence-electron chi connectivity index (χ3n) is 3.42. The number of benzene rings is 2. The first-order valence-corrected chi connectivity index (χ1v) is 8.02. The van der Waals surface area contributed by atoms with Gasteiger partial charge in [-0.15, -0.1) is 21.6 Å². The third-order valence-corrected chi connectivity index (χ3v) is 4.42. The number of phenolic OH excluding ortho intramolecular Hbond substituents is 1. The number of azo groups is 1. The molecule has 1 aromatic heterocycles. The van der Waals surface area contributed by atoms with Crippen molar-refractivity contribution in [3.63, 3.8) is 0 Å². The highest BCUT2D eigenvalue weighted by molar-refractivity contribution is 7.18. The number of anilines is 1. The van der Waals surface area contributed by atoms with E-state index in [0.717, 1.165) is 11.3 Å². The Morgan fingerprint density at radius 3 is 2.56 bits per heavy atom. The summed E-state index contributed by atoms with van der Waals surface area (Å²) >= 11 is 1.08. The van der Waals surface area contributed by atoms with Crippen molar-refractivity contribution in [3.05, 3.63) is 59.0 Å². The van der Waals surface area contributed by atoms with E-state index in [1.54, 1.807) is 36.4 Å². The Morgan fingerprint density at radius 1 is 1.16 bits per heavy atom. The second-order valence-electron chi connectivity index (χ2n) is 5.09. The Balaban J connectivity index is 2.08. The zero-order valence-electron chi connectivity index (χ0n) is 12.9. The van der Waals surface area contributed by atoms with Crippen LogP contribution >= 0.6 is 11.3 Å². The summed E-state index contributed by atoms with van der Waals surface area (Å²) in [7, 11) is 0. The number of nitrogens with two attached hydrogens (primary N) is 1. The van der Waals surface area contributed by atoms with E-state index in [2.05, 4.69) is 16.3 Å². The second-order valence-corrected chi connectivity index (χ2v) is 6.12. The van der Waals surface area contributed by atoms with E-state index >= 15 is 0 Å². The Kier molecular flexibility index (Phi) is 4.55. The number of hydrogen-bond donors (Lipinski definition) is 2. The first-order chi connectivity index (χ1) is 12.1. The average molecular weight is 348 g/mol. The fourth-order valence-electron chi connectivity index (χ4n) is 2.29. The molecular weight excluding hydrogens is 336 g/mol. The van der Waals surface area contributed by atoms with Crippen molar-refractivity contribution in [2.24, 2.45) is 10.2 Å². The number of carbonyl (C=O) groups is 1. The van der Waals surface area contributed by atoms with Gasteiger partial charge in [0.25, 0.3) is 0 Å². The Hall–Kier alpha value is -3.50. The van der Waals surface area contributed by atoms with Crippen molar-refractivity contribution >= 4 is 34.0 Å². The van der Waals surface area contributed by atoms with Crippen LogP contribution in [0.3, 0.4) is 0 Å². The van der Waals surface area contributed by atoms with Crippen molar-refractivity contribution in [2.45, 2.75) is 0 Å². The lowest BCUT2D eigenvalue weighted by atomic mass is 10.0. The molecule has 0 bridgehead atoms. The number of aromatic hydroxyl groups is 1.